The van der Waals surface area contributed by atoms with Crippen molar-refractivity contribution in [1.82, 2.24) is 15.3 Å². The van der Waals surface area contributed by atoms with Crippen molar-refractivity contribution < 1.29 is 22.7 Å². The molecule has 0 atom stereocenters. The van der Waals surface area contributed by atoms with E-state index in [1.807, 2.05) is 0 Å². The molecule has 1 aromatic rings. The number of hydrogen-bond donors (Lipinski definition) is 2. The topological polar surface area (TPSA) is 79.4 Å². The minimum absolute atomic E-state index is 0.0743. The van der Waals surface area contributed by atoms with Gasteiger partial charge in [-0.05, 0) is 6.92 Å². The predicted molar refractivity (Wildman–Crippen MR) is 82.0 cm³/mol. The quantitative estimate of drug-likeness (QED) is 0.751. The van der Waals surface area contributed by atoms with Gasteiger partial charge in [0.15, 0.2) is 0 Å². The fourth-order valence-corrected chi connectivity index (χ4v) is 2.23. The number of rotatable bonds is 6. The third-order valence-corrected chi connectivity index (χ3v) is 3.27. The van der Waals surface area contributed by atoms with E-state index in [1.54, 1.807) is 13.0 Å². The minimum Gasteiger partial charge on any atom is -0.378 e. The number of ether oxygens (including phenoxy) is 1. The van der Waals surface area contributed by atoms with Crippen LogP contribution in [0.1, 0.15) is 12.2 Å². The largest absolute Gasteiger partial charge is 0.397 e. The van der Waals surface area contributed by atoms with Crippen LogP contribution in [0, 0.1) is 6.92 Å². The van der Waals surface area contributed by atoms with E-state index in [2.05, 4.69) is 25.5 Å². The highest BCUT2D eigenvalue weighted by molar-refractivity contribution is 5.76. The molecule has 0 saturated carbocycles. The fraction of sp³-hybridized carbons (Fsp3) is 0.643. The van der Waals surface area contributed by atoms with Crippen molar-refractivity contribution in [3.8, 4) is 0 Å². The Morgan fingerprint density at radius 2 is 2.00 bits per heavy atom. The molecule has 0 spiro atoms. The zero-order valence-electron chi connectivity index (χ0n) is 13.3. The standard InChI is InChI=1S/C14H20F3N5O2/c1-10-20-11(8-12(21-10)22-4-6-24-7-5-22)18-2-3-19-13(23)9-14(15,16)17/h8H,2-7,9H2,1H3,(H,19,23)(H,18,20,21). The summed E-state index contributed by atoms with van der Waals surface area (Å²) < 4.78 is 41.4. The van der Waals surface area contributed by atoms with Gasteiger partial charge in [-0.3, -0.25) is 4.79 Å². The number of morpholine rings is 1. The van der Waals surface area contributed by atoms with Crippen LogP contribution in [-0.2, 0) is 9.53 Å². The Balaban J connectivity index is 1.82. The summed E-state index contributed by atoms with van der Waals surface area (Å²) in [6.45, 7) is 4.86. The average molecular weight is 347 g/mol. The van der Waals surface area contributed by atoms with Crippen LogP contribution in [0.4, 0.5) is 24.8 Å². The Bertz CT molecular complexity index is 562. The van der Waals surface area contributed by atoms with Crippen LogP contribution >= 0.6 is 0 Å². The Morgan fingerprint density at radius 1 is 1.29 bits per heavy atom. The molecule has 1 amide bonds. The number of nitrogens with one attached hydrogen (secondary N) is 2. The van der Waals surface area contributed by atoms with Crippen molar-refractivity contribution in [2.45, 2.75) is 19.5 Å². The van der Waals surface area contributed by atoms with Gasteiger partial charge < -0.3 is 20.3 Å². The number of carbonyl (C=O) groups is 1. The van der Waals surface area contributed by atoms with Gasteiger partial charge in [-0.25, -0.2) is 9.97 Å². The van der Waals surface area contributed by atoms with E-state index >= 15 is 0 Å². The lowest BCUT2D eigenvalue weighted by atomic mass is 10.3. The molecule has 0 radical (unpaired) electrons. The molecule has 7 nitrogen and oxygen atoms in total. The van der Waals surface area contributed by atoms with Crippen LogP contribution in [0.15, 0.2) is 6.07 Å². The lowest BCUT2D eigenvalue weighted by Gasteiger charge is -2.28. The van der Waals surface area contributed by atoms with E-state index in [-0.39, 0.29) is 13.1 Å². The zero-order chi connectivity index (χ0) is 17.6. The number of anilines is 2. The summed E-state index contributed by atoms with van der Waals surface area (Å²) in [6.07, 6.45) is -5.96. The molecule has 1 saturated heterocycles. The van der Waals surface area contributed by atoms with Gasteiger partial charge in [0, 0.05) is 32.2 Å². The molecule has 0 bridgehead atoms. The van der Waals surface area contributed by atoms with Gasteiger partial charge in [-0.1, -0.05) is 0 Å². The molecule has 0 unspecified atom stereocenters. The SMILES string of the molecule is Cc1nc(NCCNC(=O)CC(F)(F)F)cc(N2CCOCC2)n1. The summed E-state index contributed by atoms with van der Waals surface area (Å²) in [5, 5.41) is 5.19. The molecule has 0 aliphatic carbocycles. The van der Waals surface area contributed by atoms with Gasteiger partial charge in [0.25, 0.3) is 0 Å². The Kier molecular flexibility index (Phi) is 6.18. The number of halogens is 3. The summed E-state index contributed by atoms with van der Waals surface area (Å²) >= 11 is 0. The van der Waals surface area contributed by atoms with E-state index in [4.69, 9.17) is 4.74 Å². The highest BCUT2D eigenvalue weighted by Crippen LogP contribution is 2.19. The number of aryl methyl sites for hydroxylation is 1. The first-order chi connectivity index (χ1) is 11.3. The Labute approximate surface area is 137 Å². The van der Waals surface area contributed by atoms with Crippen LogP contribution in [0.2, 0.25) is 0 Å². The maximum atomic E-state index is 12.0. The van der Waals surface area contributed by atoms with Gasteiger partial charge in [-0.15, -0.1) is 0 Å². The first-order valence-corrected chi connectivity index (χ1v) is 7.59. The predicted octanol–water partition coefficient (Wildman–Crippen LogP) is 1.10. The molecule has 0 aromatic carbocycles. The van der Waals surface area contributed by atoms with E-state index in [0.29, 0.717) is 24.9 Å². The van der Waals surface area contributed by atoms with Crippen LogP contribution < -0.4 is 15.5 Å². The molecule has 2 rings (SSSR count). The summed E-state index contributed by atoms with van der Waals surface area (Å²) in [5.41, 5.74) is 0. The Morgan fingerprint density at radius 3 is 2.67 bits per heavy atom. The van der Waals surface area contributed by atoms with Crippen molar-refractivity contribution in [3.63, 3.8) is 0 Å². The molecule has 24 heavy (non-hydrogen) atoms. The van der Waals surface area contributed by atoms with Crippen LogP contribution in [0.3, 0.4) is 0 Å². The first-order valence-electron chi connectivity index (χ1n) is 7.59. The van der Waals surface area contributed by atoms with Gasteiger partial charge >= 0.3 is 6.18 Å². The molecular formula is C14H20F3N5O2. The molecule has 2 N–H and O–H groups in total. The molecule has 134 valence electrons. The van der Waals surface area contributed by atoms with Crippen molar-refractivity contribution in [2.24, 2.45) is 0 Å². The molecule has 1 aromatic heterocycles. The lowest BCUT2D eigenvalue weighted by Crippen LogP contribution is -2.37. The fourth-order valence-electron chi connectivity index (χ4n) is 2.23. The second-order valence-electron chi connectivity index (χ2n) is 5.33. The minimum atomic E-state index is -4.49. The van der Waals surface area contributed by atoms with E-state index in [0.717, 1.165) is 18.9 Å². The monoisotopic (exact) mass is 347 g/mol. The number of hydrogen-bond acceptors (Lipinski definition) is 6. The average Bonchev–Trinajstić information content (AvgIpc) is 2.50. The summed E-state index contributed by atoms with van der Waals surface area (Å²) in [4.78, 5) is 21.8. The van der Waals surface area contributed by atoms with E-state index in [1.165, 1.54) is 0 Å². The summed E-state index contributed by atoms with van der Waals surface area (Å²) in [6, 6.07) is 1.77. The van der Waals surface area contributed by atoms with Crippen molar-refractivity contribution in [1.29, 1.82) is 0 Å². The van der Waals surface area contributed by atoms with Crippen LogP contribution in [0.5, 0.6) is 0 Å². The number of alkyl halides is 3. The number of aromatic nitrogens is 2. The second-order valence-corrected chi connectivity index (χ2v) is 5.33. The van der Waals surface area contributed by atoms with Crippen molar-refractivity contribution >= 4 is 17.5 Å². The van der Waals surface area contributed by atoms with Gasteiger partial charge in [-0.2, -0.15) is 13.2 Å². The lowest BCUT2D eigenvalue weighted by molar-refractivity contribution is -0.153. The second kappa shape index (κ2) is 8.13. The number of carbonyl (C=O) groups excluding carboxylic acids is 1. The summed E-state index contributed by atoms with van der Waals surface area (Å²) in [7, 11) is 0. The summed E-state index contributed by atoms with van der Waals surface area (Å²) in [5.74, 6) is 0.878. The van der Waals surface area contributed by atoms with Crippen molar-refractivity contribution in [2.75, 3.05) is 49.6 Å². The van der Waals surface area contributed by atoms with Crippen molar-refractivity contribution in [3.05, 3.63) is 11.9 Å². The molecule has 1 fully saturated rings. The van der Waals surface area contributed by atoms with E-state index < -0.39 is 18.5 Å². The highest BCUT2D eigenvalue weighted by Gasteiger charge is 2.30. The molecule has 1 aliphatic rings. The maximum Gasteiger partial charge on any atom is 0.397 e. The maximum absolute atomic E-state index is 12.0. The molecule has 2 heterocycles. The zero-order valence-corrected chi connectivity index (χ0v) is 13.3. The van der Waals surface area contributed by atoms with E-state index in [9.17, 15) is 18.0 Å². The highest BCUT2D eigenvalue weighted by atomic mass is 19.4. The normalized spacial score (nSPS) is 15.2. The Hall–Kier alpha value is -2.10. The van der Waals surface area contributed by atoms with Gasteiger partial charge in [0.2, 0.25) is 5.91 Å². The van der Waals surface area contributed by atoms with Crippen LogP contribution in [0.25, 0.3) is 0 Å². The molecular weight excluding hydrogens is 327 g/mol. The van der Waals surface area contributed by atoms with Gasteiger partial charge in [0.1, 0.15) is 23.9 Å². The first kappa shape index (κ1) is 18.2. The van der Waals surface area contributed by atoms with Gasteiger partial charge in [0.05, 0.1) is 13.2 Å². The number of nitrogens with zero attached hydrogens (tertiary/aromatic N) is 3. The molecule has 10 heteroatoms. The number of amides is 1. The smallest absolute Gasteiger partial charge is 0.378 e. The third-order valence-electron chi connectivity index (χ3n) is 3.27. The third kappa shape index (κ3) is 6.19. The molecule has 1 aliphatic heterocycles. The van der Waals surface area contributed by atoms with Crippen LogP contribution in [-0.4, -0.2) is 61.4 Å².